The molecule has 3 rings (SSSR count). The van der Waals surface area contributed by atoms with E-state index in [1.54, 1.807) is 31.2 Å². The number of carbonyl (C=O) groups excluding carboxylic acids is 1. The van der Waals surface area contributed by atoms with E-state index in [0.717, 1.165) is 0 Å². The maximum atomic E-state index is 12.3. The number of nitrogens with one attached hydrogen (secondary N) is 2. The molecule has 128 valence electrons. The van der Waals surface area contributed by atoms with Crippen molar-refractivity contribution < 1.29 is 13.2 Å². The van der Waals surface area contributed by atoms with Crippen LogP contribution in [0.5, 0.6) is 0 Å². The third-order valence-electron chi connectivity index (χ3n) is 4.15. The van der Waals surface area contributed by atoms with Crippen molar-refractivity contribution in [2.45, 2.75) is 25.4 Å². The number of fused-ring (bicyclic) bond motifs is 1. The molecule has 0 saturated carbocycles. The van der Waals surface area contributed by atoms with E-state index in [4.69, 9.17) is 0 Å². The van der Waals surface area contributed by atoms with Gasteiger partial charge in [-0.2, -0.15) is 0 Å². The largest absolute Gasteiger partial charge is 0.348 e. The van der Waals surface area contributed by atoms with E-state index in [0.29, 0.717) is 17.3 Å². The Balaban J connectivity index is 1.90. The van der Waals surface area contributed by atoms with E-state index in [-0.39, 0.29) is 18.1 Å². The molecule has 1 saturated heterocycles. The lowest BCUT2D eigenvalue weighted by atomic mass is 10.0. The number of H-pyrrole nitrogens is 1. The van der Waals surface area contributed by atoms with Crippen LogP contribution in [0, 0.1) is 0 Å². The van der Waals surface area contributed by atoms with Crippen LogP contribution in [-0.2, 0) is 21.2 Å². The number of benzene rings is 1. The Morgan fingerprint density at radius 1 is 1.33 bits per heavy atom. The van der Waals surface area contributed by atoms with Crippen molar-refractivity contribution in [2.75, 3.05) is 11.5 Å². The van der Waals surface area contributed by atoms with Crippen LogP contribution in [0.15, 0.2) is 33.9 Å². The van der Waals surface area contributed by atoms with E-state index in [1.807, 2.05) is 0 Å². The number of para-hydroxylation sites is 1. The molecule has 0 radical (unpaired) electrons. The van der Waals surface area contributed by atoms with E-state index < -0.39 is 32.5 Å². The average Bonchev–Trinajstić information content (AvgIpc) is 2.76. The zero-order chi connectivity index (χ0) is 17.5. The summed E-state index contributed by atoms with van der Waals surface area (Å²) in [5, 5.41) is 3.00. The summed E-state index contributed by atoms with van der Waals surface area (Å²) in [5.41, 5.74) is -1.68. The van der Waals surface area contributed by atoms with Crippen molar-refractivity contribution in [3.8, 4) is 0 Å². The third-order valence-corrected chi connectivity index (χ3v) is 6.05. The summed E-state index contributed by atoms with van der Waals surface area (Å²) >= 11 is 0. The summed E-state index contributed by atoms with van der Waals surface area (Å²) in [6, 6.07) is 6.48. The van der Waals surface area contributed by atoms with Gasteiger partial charge in [0.05, 0.1) is 27.9 Å². The van der Waals surface area contributed by atoms with Crippen molar-refractivity contribution in [3.63, 3.8) is 0 Å². The molecule has 1 aliphatic rings. The molecule has 0 aliphatic carbocycles. The minimum absolute atomic E-state index is 0.0331. The number of hydrogen-bond donors (Lipinski definition) is 2. The molecule has 1 atom stereocenters. The predicted molar refractivity (Wildman–Crippen MR) is 88.6 cm³/mol. The molecular formula is C15H17N3O5S. The first kappa shape index (κ1) is 16.4. The molecule has 9 heteroatoms. The molecule has 2 N–H and O–H groups in total. The first-order valence-corrected chi connectivity index (χ1v) is 9.25. The number of nitrogens with zero attached hydrogens (tertiary/aromatic N) is 1. The Bertz CT molecular complexity index is 1040. The van der Waals surface area contributed by atoms with Crippen molar-refractivity contribution in [3.05, 3.63) is 45.1 Å². The number of aromatic nitrogens is 2. The summed E-state index contributed by atoms with van der Waals surface area (Å²) in [7, 11) is -3.15. The highest BCUT2D eigenvalue weighted by molar-refractivity contribution is 7.91. The van der Waals surface area contributed by atoms with Gasteiger partial charge in [-0.1, -0.05) is 12.1 Å². The van der Waals surface area contributed by atoms with Crippen molar-refractivity contribution in [1.29, 1.82) is 0 Å². The summed E-state index contributed by atoms with van der Waals surface area (Å²) in [6.07, 6.45) is 0.336. The maximum absolute atomic E-state index is 12.3. The first-order chi connectivity index (χ1) is 11.2. The highest BCUT2D eigenvalue weighted by Gasteiger charge is 2.39. The van der Waals surface area contributed by atoms with Gasteiger partial charge in [-0.15, -0.1) is 0 Å². The van der Waals surface area contributed by atoms with Crippen LogP contribution in [0.25, 0.3) is 10.9 Å². The molecule has 1 amide bonds. The normalized spacial score (nSPS) is 22.5. The van der Waals surface area contributed by atoms with Gasteiger partial charge in [0, 0.05) is 0 Å². The van der Waals surface area contributed by atoms with E-state index in [2.05, 4.69) is 10.3 Å². The lowest BCUT2D eigenvalue weighted by Crippen LogP contribution is -2.49. The molecule has 1 fully saturated rings. The maximum Gasteiger partial charge on any atom is 0.329 e. The molecule has 1 aromatic carbocycles. The number of hydrogen-bond acceptors (Lipinski definition) is 5. The Labute approximate surface area is 137 Å². The second-order valence-corrected chi connectivity index (χ2v) is 8.50. The minimum Gasteiger partial charge on any atom is -0.348 e. The molecule has 0 bridgehead atoms. The summed E-state index contributed by atoms with van der Waals surface area (Å²) < 4.78 is 24.4. The molecule has 1 aliphatic heterocycles. The van der Waals surface area contributed by atoms with E-state index in [9.17, 15) is 22.8 Å². The van der Waals surface area contributed by atoms with E-state index >= 15 is 0 Å². The highest BCUT2D eigenvalue weighted by Crippen LogP contribution is 2.22. The number of carbonyl (C=O) groups is 1. The van der Waals surface area contributed by atoms with Crippen LogP contribution < -0.4 is 16.6 Å². The predicted octanol–water partition coefficient (Wildman–Crippen LogP) is -0.617. The molecule has 2 heterocycles. The molecule has 1 unspecified atom stereocenters. The van der Waals surface area contributed by atoms with Gasteiger partial charge in [-0.3, -0.25) is 19.1 Å². The van der Waals surface area contributed by atoms with Crippen LogP contribution >= 0.6 is 0 Å². The van der Waals surface area contributed by atoms with Crippen LogP contribution in [0.3, 0.4) is 0 Å². The molecule has 24 heavy (non-hydrogen) atoms. The average molecular weight is 351 g/mol. The number of sulfone groups is 1. The molecule has 2 aromatic rings. The van der Waals surface area contributed by atoms with Crippen molar-refractivity contribution in [2.24, 2.45) is 0 Å². The zero-order valence-corrected chi connectivity index (χ0v) is 13.9. The SMILES string of the molecule is CC1(NC(=O)Cn2c(=O)[nH]c(=O)c3ccccc32)CCS(=O)(=O)C1. The van der Waals surface area contributed by atoms with Gasteiger partial charge in [0.25, 0.3) is 5.56 Å². The Morgan fingerprint density at radius 2 is 2.04 bits per heavy atom. The standard InChI is InChI=1S/C15H17N3O5S/c1-15(6-7-24(22,23)9-15)17-12(19)8-18-11-5-3-2-4-10(11)13(20)16-14(18)21/h2-5H,6-9H2,1H3,(H,17,19)(H,16,20,21). The monoisotopic (exact) mass is 351 g/mol. The van der Waals surface area contributed by atoms with Crippen LogP contribution in [0.1, 0.15) is 13.3 Å². The number of amides is 1. The van der Waals surface area contributed by atoms with Crippen LogP contribution in [0.4, 0.5) is 0 Å². The fourth-order valence-electron chi connectivity index (χ4n) is 3.03. The highest BCUT2D eigenvalue weighted by atomic mass is 32.2. The van der Waals surface area contributed by atoms with Gasteiger partial charge in [0.15, 0.2) is 9.84 Å². The van der Waals surface area contributed by atoms with Gasteiger partial charge in [0.1, 0.15) is 6.54 Å². The Hall–Kier alpha value is -2.42. The molecular weight excluding hydrogens is 334 g/mol. The lowest BCUT2D eigenvalue weighted by Gasteiger charge is -2.24. The zero-order valence-electron chi connectivity index (χ0n) is 13.0. The Morgan fingerprint density at radius 3 is 2.71 bits per heavy atom. The molecule has 0 spiro atoms. The van der Waals surface area contributed by atoms with Gasteiger partial charge in [-0.25, -0.2) is 13.2 Å². The number of aromatic amines is 1. The summed E-state index contributed by atoms with van der Waals surface area (Å²) in [5.74, 6) is -0.563. The quantitative estimate of drug-likeness (QED) is 0.764. The third kappa shape index (κ3) is 3.12. The number of rotatable bonds is 3. The fourth-order valence-corrected chi connectivity index (χ4v) is 5.12. The lowest BCUT2D eigenvalue weighted by molar-refractivity contribution is -0.123. The van der Waals surface area contributed by atoms with Gasteiger partial charge in [-0.05, 0) is 25.5 Å². The second-order valence-electron chi connectivity index (χ2n) is 6.31. The topological polar surface area (TPSA) is 118 Å². The van der Waals surface area contributed by atoms with Crippen LogP contribution in [-0.4, -0.2) is 40.9 Å². The van der Waals surface area contributed by atoms with Gasteiger partial charge in [0.2, 0.25) is 5.91 Å². The fraction of sp³-hybridized carbons (Fsp3) is 0.400. The van der Waals surface area contributed by atoms with Gasteiger partial charge < -0.3 is 5.32 Å². The summed E-state index contributed by atoms with van der Waals surface area (Å²) in [6.45, 7) is 1.37. The smallest absolute Gasteiger partial charge is 0.329 e. The minimum atomic E-state index is -3.15. The van der Waals surface area contributed by atoms with E-state index in [1.165, 1.54) is 4.57 Å². The van der Waals surface area contributed by atoms with Gasteiger partial charge >= 0.3 is 5.69 Å². The second kappa shape index (κ2) is 5.59. The Kier molecular flexibility index (Phi) is 3.83. The molecule has 8 nitrogen and oxygen atoms in total. The van der Waals surface area contributed by atoms with Crippen LogP contribution in [0.2, 0.25) is 0 Å². The van der Waals surface area contributed by atoms with Crippen molar-refractivity contribution >= 4 is 26.6 Å². The van der Waals surface area contributed by atoms with Crippen molar-refractivity contribution in [1.82, 2.24) is 14.9 Å². The first-order valence-electron chi connectivity index (χ1n) is 7.42. The summed E-state index contributed by atoms with van der Waals surface area (Å²) in [4.78, 5) is 38.3. The molecule has 1 aromatic heterocycles.